The fourth-order valence-electron chi connectivity index (χ4n) is 11.0. The molecular weight excluding hydrogens is 536 g/mol. The molecule has 14 atom stereocenters. The fourth-order valence-corrected chi connectivity index (χ4v) is 11.0. The molecule has 4 saturated carbocycles. The number of aliphatic hydroxyl groups excluding tert-OH is 3. The molecule has 224 valence electrons. The summed E-state index contributed by atoms with van der Waals surface area (Å²) in [6, 6.07) is 1.84. The number of ketones is 1. The van der Waals surface area contributed by atoms with Gasteiger partial charge in [-0.1, -0.05) is 20.8 Å². The summed E-state index contributed by atoms with van der Waals surface area (Å²) in [4.78, 5) is 39.7. The van der Waals surface area contributed by atoms with E-state index in [4.69, 9.17) is 23.4 Å². The first-order chi connectivity index (χ1) is 19.2. The number of epoxide rings is 1. The molecule has 1 spiro atoms. The van der Waals surface area contributed by atoms with Crippen LogP contribution in [0.3, 0.4) is 0 Å². The summed E-state index contributed by atoms with van der Waals surface area (Å²) in [5, 5.41) is 35.4. The standard InChI is InChI=1S/C30H38O11/c1-13(31)39-20-10-19(34)29-12-38-25(36)26(20,3)17(29)9-18(33)28(5)23(29)22(35)24(40-14(2)32)27(4)16(15-6-7-37-11-15)8-21-30(27,28)41-21/h6-7,11,16-21,23-25,33-34,36H,8-10,12H2,1-5H3/t16-,17-,18+,19-,20-,21+,23-,24-,25+,26+,27+,28+,29+,30+/m0/s1. The largest absolute Gasteiger partial charge is 0.472 e. The van der Waals surface area contributed by atoms with Gasteiger partial charge in [-0.15, -0.1) is 0 Å². The molecule has 3 N–H and O–H groups in total. The highest BCUT2D eigenvalue weighted by Gasteiger charge is 2.92. The quantitative estimate of drug-likeness (QED) is 0.354. The van der Waals surface area contributed by atoms with Crippen LogP contribution in [0.25, 0.3) is 0 Å². The summed E-state index contributed by atoms with van der Waals surface area (Å²) in [7, 11) is 0. The van der Waals surface area contributed by atoms with Crippen molar-refractivity contribution in [3.8, 4) is 0 Å². The van der Waals surface area contributed by atoms with E-state index in [0.29, 0.717) is 6.42 Å². The Kier molecular flexibility index (Phi) is 5.50. The third kappa shape index (κ3) is 2.85. The van der Waals surface area contributed by atoms with Gasteiger partial charge in [-0.2, -0.15) is 0 Å². The van der Waals surface area contributed by atoms with E-state index in [0.717, 1.165) is 5.56 Å². The molecule has 0 radical (unpaired) electrons. The summed E-state index contributed by atoms with van der Waals surface area (Å²) in [6.07, 6.45) is -2.27. The Labute approximate surface area is 237 Å². The van der Waals surface area contributed by atoms with Gasteiger partial charge in [0.05, 0.1) is 48.3 Å². The summed E-state index contributed by atoms with van der Waals surface area (Å²) >= 11 is 0. The van der Waals surface area contributed by atoms with E-state index < -0.39 is 87.5 Å². The Morgan fingerprint density at radius 3 is 2.32 bits per heavy atom. The van der Waals surface area contributed by atoms with Crippen molar-refractivity contribution < 1.29 is 53.1 Å². The van der Waals surface area contributed by atoms with Gasteiger partial charge in [0.1, 0.15) is 11.7 Å². The van der Waals surface area contributed by atoms with Crippen molar-refractivity contribution >= 4 is 17.7 Å². The van der Waals surface area contributed by atoms with Crippen LogP contribution in [0.15, 0.2) is 23.0 Å². The number of ether oxygens (including phenoxy) is 4. The molecule has 3 heterocycles. The lowest BCUT2D eigenvalue weighted by Gasteiger charge is -2.73. The molecule has 2 saturated heterocycles. The van der Waals surface area contributed by atoms with Crippen LogP contribution in [0, 0.1) is 33.5 Å². The van der Waals surface area contributed by atoms with Crippen molar-refractivity contribution in [3.63, 3.8) is 0 Å². The van der Waals surface area contributed by atoms with Crippen LogP contribution in [-0.4, -0.2) is 82.1 Å². The maximum absolute atomic E-state index is 15.0. The predicted octanol–water partition coefficient (Wildman–Crippen LogP) is 1.47. The maximum atomic E-state index is 15.0. The smallest absolute Gasteiger partial charge is 0.303 e. The van der Waals surface area contributed by atoms with Crippen LogP contribution in [0.4, 0.5) is 0 Å². The van der Waals surface area contributed by atoms with E-state index in [-0.39, 0.29) is 31.5 Å². The number of aliphatic hydroxyl groups is 3. The van der Waals surface area contributed by atoms with E-state index >= 15 is 4.79 Å². The molecule has 2 aliphatic heterocycles. The molecule has 6 aliphatic rings. The lowest BCUT2D eigenvalue weighted by atomic mass is 9.33. The summed E-state index contributed by atoms with van der Waals surface area (Å²) in [5.74, 6) is -3.56. The minimum absolute atomic E-state index is 0.0205. The fraction of sp³-hybridized carbons (Fsp3) is 0.767. The molecule has 0 amide bonds. The van der Waals surface area contributed by atoms with E-state index in [1.165, 1.54) is 13.8 Å². The van der Waals surface area contributed by atoms with Crippen molar-refractivity contribution in [2.75, 3.05) is 6.61 Å². The number of carbonyl (C=O) groups is 3. The number of hydrogen-bond donors (Lipinski definition) is 3. The number of furan rings is 1. The highest BCUT2D eigenvalue weighted by atomic mass is 16.6. The highest BCUT2D eigenvalue weighted by Crippen LogP contribution is 2.82. The van der Waals surface area contributed by atoms with Crippen molar-refractivity contribution in [2.45, 2.75) is 102 Å². The molecular formula is C30H38O11. The van der Waals surface area contributed by atoms with Gasteiger partial charge in [0, 0.05) is 42.9 Å². The first kappa shape index (κ1) is 27.5. The second-order valence-electron chi connectivity index (χ2n) is 13.9. The van der Waals surface area contributed by atoms with Crippen molar-refractivity contribution in [1.82, 2.24) is 0 Å². The van der Waals surface area contributed by atoms with Crippen LogP contribution < -0.4 is 0 Å². The Hall–Kier alpha value is -2.31. The zero-order valence-corrected chi connectivity index (χ0v) is 23.9. The first-order valence-electron chi connectivity index (χ1n) is 14.5. The van der Waals surface area contributed by atoms with E-state index in [2.05, 4.69) is 0 Å². The van der Waals surface area contributed by atoms with Gasteiger partial charge in [-0.05, 0) is 30.4 Å². The first-order valence-corrected chi connectivity index (χ1v) is 14.5. The molecule has 0 unspecified atom stereocenters. The number of esters is 2. The van der Waals surface area contributed by atoms with Crippen molar-refractivity contribution in [3.05, 3.63) is 24.2 Å². The van der Waals surface area contributed by atoms with Gasteiger partial charge in [-0.3, -0.25) is 14.4 Å². The Morgan fingerprint density at radius 1 is 0.976 bits per heavy atom. The molecule has 6 fully saturated rings. The minimum atomic E-state index is -1.36. The molecule has 41 heavy (non-hydrogen) atoms. The molecule has 11 heteroatoms. The van der Waals surface area contributed by atoms with E-state index in [9.17, 15) is 24.9 Å². The van der Waals surface area contributed by atoms with E-state index in [1.54, 1.807) is 19.5 Å². The SMILES string of the molecule is CC(=O)O[C@H]1C[C@H](O)[C@@]23CO[C@@H](O)[C@]1(C)[C@@H]2C[C@@H](O)[C@]1(C)[C@@H]3C(=O)[C@H](OC(C)=O)[C@@]2(C)[C@H](c3ccoc3)C[C@H]3O[C@]321. The van der Waals surface area contributed by atoms with Crippen molar-refractivity contribution in [1.29, 1.82) is 0 Å². The highest BCUT2D eigenvalue weighted by molar-refractivity contribution is 5.93. The number of fused-ring (bicyclic) bond motifs is 1. The maximum Gasteiger partial charge on any atom is 0.303 e. The predicted molar refractivity (Wildman–Crippen MR) is 137 cm³/mol. The zero-order chi connectivity index (χ0) is 29.5. The lowest BCUT2D eigenvalue weighted by molar-refractivity contribution is -0.373. The van der Waals surface area contributed by atoms with Crippen LogP contribution in [0.5, 0.6) is 0 Å². The average Bonchev–Trinajstić information content (AvgIpc) is 3.26. The number of Topliss-reactive ketones (excluding diaryl/α,β-unsaturated/α-hetero) is 1. The van der Waals surface area contributed by atoms with E-state index in [1.807, 2.05) is 19.9 Å². The zero-order valence-electron chi connectivity index (χ0n) is 23.9. The third-order valence-corrected chi connectivity index (χ3v) is 12.6. The number of carbonyl (C=O) groups excluding carboxylic acids is 3. The van der Waals surface area contributed by atoms with Crippen LogP contribution in [-0.2, 0) is 33.3 Å². The Balaban J connectivity index is 1.44. The van der Waals surface area contributed by atoms with Crippen LogP contribution >= 0.6 is 0 Å². The molecule has 4 aliphatic carbocycles. The van der Waals surface area contributed by atoms with Crippen molar-refractivity contribution in [2.24, 2.45) is 33.5 Å². The average molecular weight is 575 g/mol. The molecule has 1 aromatic heterocycles. The number of rotatable bonds is 3. The van der Waals surface area contributed by atoms with Gasteiger partial charge in [0.25, 0.3) is 0 Å². The van der Waals surface area contributed by atoms with Gasteiger partial charge in [0.2, 0.25) is 0 Å². The molecule has 0 aromatic carbocycles. The second kappa shape index (κ2) is 8.19. The number of hydrogen-bond acceptors (Lipinski definition) is 11. The molecule has 1 aromatic rings. The van der Waals surface area contributed by atoms with Crippen LogP contribution in [0.1, 0.15) is 65.4 Å². The second-order valence-corrected chi connectivity index (χ2v) is 13.9. The third-order valence-electron chi connectivity index (χ3n) is 12.6. The molecule has 7 rings (SSSR count). The normalized spacial score (nSPS) is 54.7. The minimum Gasteiger partial charge on any atom is -0.472 e. The Bertz CT molecular complexity index is 1310. The van der Waals surface area contributed by atoms with Gasteiger partial charge in [-0.25, -0.2) is 0 Å². The van der Waals surface area contributed by atoms with Crippen LogP contribution in [0.2, 0.25) is 0 Å². The van der Waals surface area contributed by atoms with Gasteiger partial charge < -0.3 is 38.7 Å². The summed E-state index contributed by atoms with van der Waals surface area (Å²) in [6.45, 7) is 7.85. The molecule has 2 bridgehead atoms. The lowest BCUT2D eigenvalue weighted by Crippen LogP contribution is -2.82. The van der Waals surface area contributed by atoms with Gasteiger partial charge in [0.15, 0.2) is 18.2 Å². The summed E-state index contributed by atoms with van der Waals surface area (Å²) < 4.78 is 29.5. The topological polar surface area (TPSA) is 165 Å². The monoisotopic (exact) mass is 574 g/mol. The summed E-state index contributed by atoms with van der Waals surface area (Å²) in [5.41, 5.74) is -4.93. The molecule has 11 nitrogen and oxygen atoms in total. The van der Waals surface area contributed by atoms with Gasteiger partial charge >= 0.3 is 11.9 Å². The Morgan fingerprint density at radius 2 is 1.68 bits per heavy atom.